The Morgan fingerprint density at radius 1 is 0.714 bits per heavy atom. The second-order valence-corrected chi connectivity index (χ2v) is 6.36. The fourth-order valence-corrected chi connectivity index (χ4v) is 4.30. The quantitative estimate of drug-likeness (QED) is 0.871. The van der Waals surface area contributed by atoms with Gasteiger partial charge < -0.3 is 5.32 Å². The van der Waals surface area contributed by atoms with Crippen LogP contribution in [0.4, 0.5) is 0 Å². The standard InChI is InChI=1S/C19H21N.ClH/c1-3-7-15(8-4-1)19(16-9-5-2-6-10-16)13-17-11-12-18(14-19)20-17;/h1-10,17-18,20H,11-14H2;1H/t17-,18+;. The van der Waals surface area contributed by atoms with E-state index in [9.17, 15) is 0 Å². The summed E-state index contributed by atoms with van der Waals surface area (Å²) in [5, 5.41) is 3.78. The topological polar surface area (TPSA) is 12.0 Å². The van der Waals surface area contributed by atoms with Crippen molar-refractivity contribution in [1.29, 1.82) is 0 Å². The molecule has 2 aromatic rings. The van der Waals surface area contributed by atoms with Crippen LogP contribution in [0.1, 0.15) is 36.8 Å². The SMILES string of the molecule is Cl.c1ccc(C2(c3ccccc3)C[C@H]3CC[C@@H](C2)N3)cc1. The van der Waals surface area contributed by atoms with Crippen LogP contribution in [0.3, 0.4) is 0 Å². The number of nitrogens with one attached hydrogen (secondary N) is 1. The minimum absolute atomic E-state index is 0. The lowest BCUT2D eigenvalue weighted by molar-refractivity contribution is 0.289. The summed E-state index contributed by atoms with van der Waals surface area (Å²) in [6, 6.07) is 23.6. The summed E-state index contributed by atoms with van der Waals surface area (Å²) in [6.45, 7) is 0. The van der Waals surface area contributed by atoms with Gasteiger partial charge in [0.2, 0.25) is 0 Å². The first-order valence-corrected chi connectivity index (χ1v) is 7.74. The van der Waals surface area contributed by atoms with Crippen molar-refractivity contribution in [2.75, 3.05) is 0 Å². The van der Waals surface area contributed by atoms with Crippen molar-refractivity contribution in [1.82, 2.24) is 5.32 Å². The van der Waals surface area contributed by atoms with E-state index in [4.69, 9.17) is 0 Å². The van der Waals surface area contributed by atoms with Gasteiger partial charge in [-0.1, -0.05) is 60.7 Å². The summed E-state index contributed by atoms with van der Waals surface area (Å²) in [5.41, 5.74) is 3.19. The van der Waals surface area contributed by atoms with Gasteiger partial charge >= 0.3 is 0 Å². The highest BCUT2D eigenvalue weighted by molar-refractivity contribution is 5.85. The predicted octanol–water partition coefficient (Wildman–Crippen LogP) is 4.31. The predicted molar refractivity (Wildman–Crippen MR) is 90.1 cm³/mol. The van der Waals surface area contributed by atoms with Crippen LogP contribution in [-0.2, 0) is 5.41 Å². The lowest BCUT2D eigenvalue weighted by Crippen LogP contribution is -2.47. The van der Waals surface area contributed by atoms with Crippen molar-refractivity contribution in [3.05, 3.63) is 71.8 Å². The van der Waals surface area contributed by atoms with Crippen LogP contribution in [0.5, 0.6) is 0 Å². The van der Waals surface area contributed by atoms with Crippen LogP contribution in [0.25, 0.3) is 0 Å². The van der Waals surface area contributed by atoms with Gasteiger partial charge in [-0.15, -0.1) is 12.4 Å². The summed E-state index contributed by atoms with van der Waals surface area (Å²) in [7, 11) is 0. The lowest BCUT2D eigenvalue weighted by Gasteiger charge is -2.42. The highest BCUT2D eigenvalue weighted by Gasteiger charge is 2.45. The zero-order chi connectivity index (χ0) is 13.4. The van der Waals surface area contributed by atoms with Crippen LogP contribution in [0.15, 0.2) is 60.7 Å². The molecular formula is C19H22ClN. The van der Waals surface area contributed by atoms with Crippen molar-refractivity contribution in [3.63, 3.8) is 0 Å². The summed E-state index contributed by atoms with van der Waals surface area (Å²) in [5.74, 6) is 0. The molecule has 4 rings (SSSR count). The monoisotopic (exact) mass is 299 g/mol. The zero-order valence-electron chi connectivity index (χ0n) is 12.2. The summed E-state index contributed by atoms with van der Waals surface area (Å²) in [4.78, 5) is 0. The van der Waals surface area contributed by atoms with Gasteiger partial charge in [-0.3, -0.25) is 0 Å². The molecule has 2 fully saturated rings. The lowest BCUT2D eigenvalue weighted by atomic mass is 9.66. The highest BCUT2D eigenvalue weighted by atomic mass is 35.5. The smallest absolute Gasteiger partial charge is 0.0232 e. The Kier molecular flexibility index (Phi) is 4.05. The summed E-state index contributed by atoms with van der Waals surface area (Å²) >= 11 is 0. The largest absolute Gasteiger partial charge is 0.311 e. The molecule has 2 bridgehead atoms. The van der Waals surface area contributed by atoms with E-state index in [1.807, 2.05) is 0 Å². The molecule has 2 heteroatoms. The Balaban J connectivity index is 0.00000132. The van der Waals surface area contributed by atoms with Crippen molar-refractivity contribution in [2.45, 2.75) is 43.2 Å². The first kappa shape index (κ1) is 14.6. The van der Waals surface area contributed by atoms with E-state index in [1.165, 1.54) is 36.8 Å². The Morgan fingerprint density at radius 2 is 1.14 bits per heavy atom. The number of benzene rings is 2. The molecule has 0 unspecified atom stereocenters. The molecule has 0 spiro atoms. The van der Waals surface area contributed by atoms with Crippen LogP contribution in [0, 0.1) is 0 Å². The van der Waals surface area contributed by atoms with Crippen LogP contribution in [0.2, 0.25) is 0 Å². The molecule has 0 saturated carbocycles. The molecule has 2 saturated heterocycles. The van der Waals surface area contributed by atoms with Gasteiger partial charge in [-0.05, 0) is 36.8 Å². The zero-order valence-corrected chi connectivity index (χ0v) is 13.0. The van der Waals surface area contributed by atoms with Gasteiger partial charge in [0, 0.05) is 17.5 Å². The molecule has 2 atom stereocenters. The van der Waals surface area contributed by atoms with Crippen LogP contribution >= 0.6 is 12.4 Å². The minimum atomic E-state index is 0. The van der Waals surface area contributed by atoms with Crippen molar-refractivity contribution in [3.8, 4) is 0 Å². The summed E-state index contributed by atoms with van der Waals surface area (Å²) in [6.07, 6.45) is 5.15. The van der Waals surface area contributed by atoms with E-state index in [1.54, 1.807) is 0 Å². The fraction of sp³-hybridized carbons (Fsp3) is 0.368. The summed E-state index contributed by atoms with van der Waals surface area (Å²) < 4.78 is 0. The maximum atomic E-state index is 3.78. The van der Waals surface area contributed by atoms with E-state index in [0.29, 0.717) is 12.1 Å². The third-order valence-electron chi connectivity index (χ3n) is 5.18. The highest BCUT2D eigenvalue weighted by Crippen LogP contribution is 2.47. The van der Waals surface area contributed by atoms with E-state index < -0.39 is 0 Å². The van der Waals surface area contributed by atoms with Crippen molar-refractivity contribution >= 4 is 12.4 Å². The molecule has 110 valence electrons. The molecule has 1 nitrogen and oxygen atoms in total. The van der Waals surface area contributed by atoms with Crippen molar-refractivity contribution < 1.29 is 0 Å². The minimum Gasteiger partial charge on any atom is -0.311 e. The number of rotatable bonds is 2. The number of hydrogen-bond acceptors (Lipinski definition) is 1. The molecule has 2 aromatic carbocycles. The molecule has 1 N–H and O–H groups in total. The van der Waals surface area contributed by atoms with Gasteiger partial charge in [-0.25, -0.2) is 0 Å². The second-order valence-electron chi connectivity index (χ2n) is 6.36. The average molecular weight is 300 g/mol. The molecule has 0 aromatic heterocycles. The van der Waals surface area contributed by atoms with E-state index in [-0.39, 0.29) is 17.8 Å². The average Bonchev–Trinajstić information content (AvgIpc) is 2.88. The van der Waals surface area contributed by atoms with Gasteiger partial charge in [-0.2, -0.15) is 0 Å². The molecule has 0 radical (unpaired) electrons. The normalized spacial score (nSPS) is 26.1. The Morgan fingerprint density at radius 3 is 1.57 bits per heavy atom. The number of fused-ring (bicyclic) bond motifs is 2. The van der Waals surface area contributed by atoms with Gasteiger partial charge in [0.05, 0.1) is 0 Å². The maximum absolute atomic E-state index is 3.78. The van der Waals surface area contributed by atoms with Gasteiger partial charge in [0.15, 0.2) is 0 Å². The fourth-order valence-electron chi connectivity index (χ4n) is 4.30. The van der Waals surface area contributed by atoms with Crippen LogP contribution in [-0.4, -0.2) is 12.1 Å². The Bertz CT molecular complexity index is 528. The van der Waals surface area contributed by atoms with Gasteiger partial charge in [0.1, 0.15) is 0 Å². The van der Waals surface area contributed by atoms with Crippen LogP contribution < -0.4 is 5.32 Å². The Hall–Kier alpha value is -1.31. The molecule has 2 aliphatic rings. The second kappa shape index (κ2) is 5.82. The number of piperidine rings is 1. The molecule has 0 aliphatic carbocycles. The van der Waals surface area contributed by atoms with E-state index in [2.05, 4.69) is 66.0 Å². The molecule has 21 heavy (non-hydrogen) atoms. The molecule has 2 aliphatic heterocycles. The molecule has 0 amide bonds. The molecule has 2 heterocycles. The third-order valence-corrected chi connectivity index (χ3v) is 5.18. The number of hydrogen-bond donors (Lipinski definition) is 1. The first-order valence-electron chi connectivity index (χ1n) is 7.74. The maximum Gasteiger partial charge on any atom is 0.0232 e. The van der Waals surface area contributed by atoms with Gasteiger partial charge in [0.25, 0.3) is 0 Å². The number of halogens is 1. The third kappa shape index (κ3) is 2.49. The van der Waals surface area contributed by atoms with E-state index >= 15 is 0 Å². The molecular weight excluding hydrogens is 278 g/mol. The van der Waals surface area contributed by atoms with Crippen molar-refractivity contribution in [2.24, 2.45) is 0 Å². The van der Waals surface area contributed by atoms with E-state index in [0.717, 1.165) is 0 Å². The Labute approximate surface area is 133 Å². The first-order chi connectivity index (χ1) is 9.87.